The second-order valence-corrected chi connectivity index (χ2v) is 5.79. The van der Waals surface area contributed by atoms with Gasteiger partial charge in [0, 0.05) is 24.0 Å². The molecule has 0 spiro atoms. The van der Waals surface area contributed by atoms with E-state index in [4.69, 9.17) is 9.47 Å². The first-order valence-corrected chi connectivity index (χ1v) is 7.57. The van der Waals surface area contributed by atoms with Crippen molar-refractivity contribution in [2.75, 3.05) is 6.79 Å². The van der Waals surface area contributed by atoms with E-state index in [1.54, 1.807) is 0 Å². The Morgan fingerprint density at radius 2 is 1.68 bits per heavy atom. The standard InChI is InChI=1S/C19H15NO2/c1-2-4-13(5-3-1)15-8-17-16-10-19-18(21-12-22-19)9-14(16)6-7-20(17)11-15/h1-5,8-11H,6-7,12H2. The molecule has 3 heteroatoms. The van der Waals surface area contributed by atoms with Gasteiger partial charge < -0.3 is 14.0 Å². The number of hydrogen-bond acceptors (Lipinski definition) is 2. The van der Waals surface area contributed by atoms with E-state index in [1.165, 1.54) is 27.9 Å². The summed E-state index contributed by atoms with van der Waals surface area (Å²) in [5.41, 5.74) is 6.39. The Labute approximate surface area is 128 Å². The Morgan fingerprint density at radius 3 is 2.55 bits per heavy atom. The van der Waals surface area contributed by atoms with Crippen LogP contribution in [0, 0.1) is 0 Å². The zero-order valence-corrected chi connectivity index (χ0v) is 12.1. The van der Waals surface area contributed by atoms with E-state index in [1.807, 2.05) is 0 Å². The number of ether oxygens (including phenoxy) is 2. The van der Waals surface area contributed by atoms with Gasteiger partial charge in [-0.25, -0.2) is 0 Å². The maximum atomic E-state index is 5.54. The number of fused-ring (bicyclic) bond motifs is 4. The molecule has 22 heavy (non-hydrogen) atoms. The molecule has 0 atom stereocenters. The fraction of sp³-hybridized carbons (Fsp3) is 0.158. The van der Waals surface area contributed by atoms with Crippen molar-refractivity contribution in [2.24, 2.45) is 0 Å². The monoisotopic (exact) mass is 289 g/mol. The maximum Gasteiger partial charge on any atom is 0.231 e. The molecule has 0 bridgehead atoms. The summed E-state index contributed by atoms with van der Waals surface area (Å²) in [6.07, 6.45) is 3.28. The summed E-state index contributed by atoms with van der Waals surface area (Å²) in [6, 6.07) is 17.1. The van der Waals surface area contributed by atoms with Crippen LogP contribution in [0.15, 0.2) is 54.7 Å². The van der Waals surface area contributed by atoms with Crippen molar-refractivity contribution in [3.05, 3.63) is 60.3 Å². The van der Waals surface area contributed by atoms with Crippen molar-refractivity contribution in [1.82, 2.24) is 4.57 Å². The van der Waals surface area contributed by atoms with Crippen molar-refractivity contribution in [3.8, 4) is 33.9 Å². The van der Waals surface area contributed by atoms with Gasteiger partial charge in [0.25, 0.3) is 0 Å². The minimum absolute atomic E-state index is 0.328. The fourth-order valence-corrected chi connectivity index (χ4v) is 3.38. The van der Waals surface area contributed by atoms with Gasteiger partial charge in [-0.2, -0.15) is 0 Å². The van der Waals surface area contributed by atoms with Crippen LogP contribution >= 0.6 is 0 Å². The van der Waals surface area contributed by atoms with E-state index in [2.05, 4.69) is 59.3 Å². The van der Waals surface area contributed by atoms with Gasteiger partial charge in [0.1, 0.15) is 0 Å². The highest BCUT2D eigenvalue weighted by molar-refractivity contribution is 5.76. The Morgan fingerprint density at radius 1 is 0.864 bits per heavy atom. The summed E-state index contributed by atoms with van der Waals surface area (Å²) in [5, 5.41) is 0. The molecule has 0 unspecified atom stereocenters. The molecule has 0 N–H and O–H groups in total. The van der Waals surface area contributed by atoms with Crippen LogP contribution in [0.1, 0.15) is 5.56 Å². The number of aryl methyl sites for hydroxylation is 2. The topological polar surface area (TPSA) is 23.4 Å². The summed E-state index contributed by atoms with van der Waals surface area (Å²) >= 11 is 0. The van der Waals surface area contributed by atoms with Crippen LogP contribution in [0.2, 0.25) is 0 Å². The molecular weight excluding hydrogens is 274 g/mol. The molecule has 0 amide bonds. The van der Waals surface area contributed by atoms with Crippen LogP contribution in [-0.2, 0) is 13.0 Å². The quantitative estimate of drug-likeness (QED) is 0.673. The highest BCUT2D eigenvalue weighted by Crippen LogP contribution is 2.42. The maximum absolute atomic E-state index is 5.54. The molecule has 3 aromatic rings. The molecule has 0 aliphatic carbocycles. The van der Waals surface area contributed by atoms with Gasteiger partial charge in [-0.3, -0.25) is 0 Å². The van der Waals surface area contributed by atoms with Crippen LogP contribution in [0.3, 0.4) is 0 Å². The van der Waals surface area contributed by atoms with Crippen molar-refractivity contribution in [3.63, 3.8) is 0 Å². The van der Waals surface area contributed by atoms with Crippen LogP contribution in [0.25, 0.3) is 22.4 Å². The van der Waals surface area contributed by atoms with Gasteiger partial charge in [-0.05, 0) is 41.3 Å². The van der Waals surface area contributed by atoms with E-state index < -0.39 is 0 Å². The number of benzene rings is 2. The van der Waals surface area contributed by atoms with Gasteiger partial charge >= 0.3 is 0 Å². The molecule has 2 aliphatic rings. The molecule has 3 nitrogen and oxygen atoms in total. The molecule has 0 radical (unpaired) electrons. The lowest BCUT2D eigenvalue weighted by molar-refractivity contribution is 0.174. The second-order valence-electron chi connectivity index (χ2n) is 5.79. The molecule has 3 heterocycles. The van der Waals surface area contributed by atoms with E-state index in [0.29, 0.717) is 6.79 Å². The Kier molecular flexibility index (Phi) is 2.39. The average Bonchev–Trinajstić information content (AvgIpc) is 3.19. The number of hydrogen-bond donors (Lipinski definition) is 0. The second kappa shape index (κ2) is 4.41. The van der Waals surface area contributed by atoms with Crippen LogP contribution < -0.4 is 9.47 Å². The molecule has 108 valence electrons. The van der Waals surface area contributed by atoms with E-state index in [0.717, 1.165) is 24.5 Å². The summed E-state index contributed by atoms with van der Waals surface area (Å²) in [6.45, 7) is 1.34. The van der Waals surface area contributed by atoms with Crippen molar-refractivity contribution in [2.45, 2.75) is 13.0 Å². The zero-order chi connectivity index (χ0) is 14.5. The molecule has 0 saturated carbocycles. The lowest BCUT2D eigenvalue weighted by atomic mass is 9.97. The summed E-state index contributed by atoms with van der Waals surface area (Å²) in [5.74, 6) is 1.73. The average molecular weight is 289 g/mol. The normalized spacial score (nSPS) is 14.5. The third kappa shape index (κ3) is 1.69. The largest absolute Gasteiger partial charge is 0.454 e. The van der Waals surface area contributed by atoms with Crippen LogP contribution in [0.5, 0.6) is 11.5 Å². The smallest absolute Gasteiger partial charge is 0.231 e. The molecule has 2 aromatic carbocycles. The first kappa shape index (κ1) is 11.9. The molecule has 5 rings (SSSR count). The van der Waals surface area contributed by atoms with Crippen molar-refractivity contribution >= 4 is 0 Å². The van der Waals surface area contributed by atoms with E-state index >= 15 is 0 Å². The third-order valence-corrected chi connectivity index (χ3v) is 4.50. The number of rotatable bonds is 1. The Bertz CT molecular complexity index is 865. The van der Waals surface area contributed by atoms with Gasteiger partial charge in [0.2, 0.25) is 6.79 Å². The van der Waals surface area contributed by atoms with E-state index in [-0.39, 0.29) is 0 Å². The minimum Gasteiger partial charge on any atom is -0.454 e. The SMILES string of the molecule is c1ccc(-c2cc3n(c2)CCc2cc4c(cc2-3)OCO4)cc1. The number of aromatic nitrogens is 1. The first-order valence-electron chi connectivity index (χ1n) is 7.57. The van der Waals surface area contributed by atoms with Gasteiger partial charge in [0.05, 0.1) is 0 Å². The zero-order valence-electron chi connectivity index (χ0n) is 12.1. The minimum atomic E-state index is 0.328. The van der Waals surface area contributed by atoms with Gasteiger partial charge in [-0.1, -0.05) is 30.3 Å². The predicted octanol–water partition coefficient (Wildman–Crippen LogP) is 4.11. The highest BCUT2D eigenvalue weighted by atomic mass is 16.7. The fourth-order valence-electron chi connectivity index (χ4n) is 3.38. The predicted molar refractivity (Wildman–Crippen MR) is 85.1 cm³/mol. The Balaban J connectivity index is 1.67. The van der Waals surface area contributed by atoms with Crippen molar-refractivity contribution in [1.29, 1.82) is 0 Å². The van der Waals surface area contributed by atoms with E-state index in [9.17, 15) is 0 Å². The highest BCUT2D eigenvalue weighted by Gasteiger charge is 2.23. The molecule has 0 saturated heterocycles. The van der Waals surface area contributed by atoms with Crippen molar-refractivity contribution < 1.29 is 9.47 Å². The molecule has 0 fully saturated rings. The lowest BCUT2D eigenvalue weighted by Gasteiger charge is -2.19. The molecular formula is C19H15NO2. The number of nitrogens with zero attached hydrogens (tertiary/aromatic N) is 1. The summed E-state index contributed by atoms with van der Waals surface area (Å²) < 4.78 is 13.4. The summed E-state index contributed by atoms with van der Waals surface area (Å²) in [4.78, 5) is 0. The first-order chi connectivity index (χ1) is 10.9. The Hall–Kier alpha value is -2.68. The van der Waals surface area contributed by atoms with Crippen LogP contribution in [0.4, 0.5) is 0 Å². The lowest BCUT2D eigenvalue weighted by Crippen LogP contribution is -2.09. The van der Waals surface area contributed by atoms with Gasteiger partial charge in [-0.15, -0.1) is 0 Å². The third-order valence-electron chi connectivity index (χ3n) is 4.50. The van der Waals surface area contributed by atoms with Crippen LogP contribution in [-0.4, -0.2) is 11.4 Å². The van der Waals surface area contributed by atoms with Gasteiger partial charge in [0.15, 0.2) is 11.5 Å². The summed E-state index contributed by atoms with van der Waals surface area (Å²) in [7, 11) is 0. The molecule has 1 aromatic heterocycles. The molecule has 2 aliphatic heterocycles.